The van der Waals surface area contributed by atoms with Gasteiger partial charge in [-0.3, -0.25) is 0 Å². The van der Waals surface area contributed by atoms with Gasteiger partial charge in [0, 0.05) is 6.42 Å². The van der Waals surface area contributed by atoms with Crippen molar-refractivity contribution in [1.82, 2.24) is 0 Å². The topological polar surface area (TPSA) is 60.7 Å². The first-order valence-corrected chi connectivity index (χ1v) is 15.2. The Morgan fingerprint density at radius 3 is 2.19 bits per heavy atom. The van der Waals surface area contributed by atoms with Crippen LogP contribution in [0.1, 0.15) is 98.3 Å². The molecule has 0 aromatic rings. The van der Waals surface area contributed by atoms with Gasteiger partial charge >= 0.3 is 12.4 Å². The molecule has 0 amide bonds. The predicted molar refractivity (Wildman–Crippen MR) is 153 cm³/mol. The summed E-state index contributed by atoms with van der Waals surface area (Å²) in [5.41, 5.74) is -4.69. The lowest BCUT2D eigenvalue weighted by Gasteiger charge is -2.49. The van der Waals surface area contributed by atoms with Gasteiger partial charge in [0.1, 0.15) is 6.17 Å². The molecule has 0 aliphatic heterocycles. The number of aliphatic hydroxyl groups excluding tert-OH is 1. The Morgan fingerprint density at radius 1 is 0.977 bits per heavy atom. The fraction of sp³-hybridized carbons (Fsp3) is 0.758. The Kier molecular flexibility index (Phi) is 10.5. The summed E-state index contributed by atoms with van der Waals surface area (Å²) in [6.45, 7) is 11.2. The van der Waals surface area contributed by atoms with E-state index in [-0.39, 0.29) is 36.2 Å². The molecular formula is C33H47F7O3. The van der Waals surface area contributed by atoms with Gasteiger partial charge in [0.05, 0.1) is 11.7 Å². The van der Waals surface area contributed by atoms with Crippen molar-refractivity contribution in [3.8, 4) is 0 Å². The summed E-state index contributed by atoms with van der Waals surface area (Å²) in [6.07, 6.45) is -3.71. The van der Waals surface area contributed by atoms with Gasteiger partial charge in [-0.15, -0.1) is 0 Å². The number of rotatable bonds is 9. The van der Waals surface area contributed by atoms with Crippen LogP contribution in [0.15, 0.2) is 47.6 Å². The average molecular weight is 625 g/mol. The highest BCUT2D eigenvalue weighted by Crippen LogP contribution is 2.64. The SMILES string of the molecule is C=C1/C(=C\C=C2/CCC[C@@]3(C)C2CC[C@@H]3[C@](C)(C/C=C/C(O)(C(F)(F)F)C(F)(F)F)CCCC(C)(C)O)CC(O)C[C@@H]1F. The third-order valence-corrected chi connectivity index (χ3v) is 10.4. The van der Waals surface area contributed by atoms with E-state index in [1.165, 1.54) is 5.57 Å². The van der Waals surface area contributed by atoms with Gasteiger partial charge in [0.2, 0.25) is 0 Å². The van der Waals surface area contributed by atoms with E-state index in [1.54, 1.807) is 13.8 Å². The molecular weight excluding hydrogens is 577 g/mol. The number of halogens is 7. The van der Waals surface area contributed by atoms with Crippen LogP contribution in [0.4, 0.5) is 30.7 Å². The molecule has 0 bridgehead atoms. The lowest BCUT2D eigenvalue weighted by atomic mass is 9.55. The molecule has 3 fully saturated rings. The molecule has 0 aromatic heterocycles. The smallest absolute Gasteiger partial charge is 0.393 e. The van der Waals surface area contributed by atoms with E-state index >= 15 is 0 Å². The molecule has 0 spiro atoms. The summed E-state index contributed by atoms with van der Waals surface area (Å²) >= 11 is 0. The highest BCUT2D eigenvalue weighted by molar-refractivity contribution is 5.39. The second-order valence-corrected chi connectivity index (χ2v) is 14.3. The molecule has 2 unspecified atom stereocenters. The molecule has 0 saturated heterocycles. The van der Waals surface area contributed by atoms with Crippen LogP contribution < -0.4 is 0 Å². The summed E-state index contributed by atoms with van der Waals surface area (Å²) in [4.78, 5) is 0. The minimum Gasteiger partial charge on any atom is -0.393 e. The molecule has 10 heteroatoms. The quantitative estimate of drug-likeness (QED) is 0.177. The maximum atomic E-state index is 14.3. The third kappa shape index (κ3) is 7.78. The van der Waals surface area contributed by atoms with Crippen molar-refractivity contribution in [1.29, 1.82) is 0 Å². The Morgan fingerprint density at radius 2 is 1.60 bits per heavy atom. The molecule has 3 aliphatic rings. The minimum atomic E-state index is -5.93. The van der Waals surface area contributed by atoms with Crippen molar-refractivity contribution >= 4 is 0 Å². The van der Waals surface area contributed by atoms with Gasteiger partial charge in [0.25, 0.3) is 5.60 Å². The number of allylic oxidation sites excluding steroid dienone is 5. The van der Waals surface area contributed by atoms with E-state index in [4.69, 9.17) is 0 Å². The van der Waals surface area contributed by atoms with Gasteiger partial charge < -0.3 is 15.3 Å². The molecule has 246 valence electrons. The number of hydrogen-bond acceptors (Lipinski definition) is 3. The zero-order valence-electron chi connectivity index (χ0n) is 25.6. The van der Waals surface area contributed by atoms with Gasteiger partial charge in [-0.2, -0.15) is 26.3 Å². The molecule has 3 saturated carbocycles. The minimum absolute atomic E-state index is 0.0267. The van der Waals surface area contributed by atoms with Crippen LogP contribution in [0.5, 0.6) is 0 Å². The van der Waals surface area contributed by atoms with E-state index < -0.39 is 41.2 Å². The fourth-order valence-electron chi connectivity index (χ4n) is 8.01. The molecule has 3 N–H and O–H groups in total. The van der Waals surface area contributed by atoms with Crippen LogP contribution in [0.25, 0.3) is 0 Å². The molecule has 3 aliphatic carbocycles. The molecule has 3 nitrogen and oxygen atoms in total. The Labute approximate surface area is 250 Å². The van der Waals surface area contributed by atoms with Crippen molar-refractivity contribution in [2.75, 3.05) is 0 Å². The zero-order valence-corrected chi connectivity index (χ0v) is 25.6. The van der Waals surface area contributed by atoms with Crippen LogP contribution in [0.2, 0.25) is 0 Å². The summed E-state index contributed by atoms with van der Waals surface area (Å²) in [6, 6.07) is 0. The highest BCUT2D eigenvalue weighted by Gasteiger charge is 2.69. The van der Waals surface area contributed by atoms with Crippen molar-refractivity contribution in [3.05, 3.63) is 47.6 Å². The van der Waals surface area contributed by atoms with Gasteiger partial charge in [0.15, 0.2) is 0 Å². The maximum Gasteiger partial charge on any atom is 0.429 e. The number of hydrogen-bond donors (Lipinski definition) is 3. The van der Waals surface area contributed by atoms with Crippen LogP contribution in [-0.4, -0.2) is 51.1 Å². The number of fused-ring (bicyclic) bond motifs is 1. The second kappa shape index (κ2) is 12.6. The molecule has 3 rings (SSSR count). The first-order valence-electron chi connectivity index (χ1n) is 15.2. The lowest BCUT2D eigenvalue weighted by Crippen LogP contribution is -2.55. The van der Waals surface area contributed by atoms with E-state index in [1.807, 2.05) is 19.1 Å². The summed E-state index contributed by atoms with van der Waals surface area (Å²) in [5.74, 6) is 0.0882. The second-order valence-electron chi connectivity index (χ2n) is 14.3. The molecule has 0 radical (unpaired) electrons. The highest BCUT2D eigenvalue weighted by atomic mass is 19.4. The zero-order chi connectivity index (χ0) is 32.6. The van der Waals surface area contributed by atoms with Crippen LogP contribution in [0.3, 0.4) is 0 Å². The molecule has 0 heterocycles. The Balaban J connectivity index is 1.93. The lowest BCUT2D eigenvalue weighted by molar-refractivity contribution is -0.347. The van der Waals surface area contributed by atoms with Gasteiger partial charge in [-0.25, -0.2) is 4.39 Å². The summed E-state index contributed by atoms with van der Waals surface area (Å²) < 4.78 is 94.4. The number of aliphatic hydroxyl groups is 3. The summed E-state index contributed by atoms with van der Waals surface area (Å²) in [7, 11) is 0. The van der Waals surface area contributed by atoms with E-state index in [0.29, 0.717) is 36.8 Å². The Bertz CT molecular complexity index is 1080. The van der Waals surface area contributed by atoms with Crippen molar-refractivity contribution in [2.45, 2.75) is 134 Å². The fourth-order valence-corrected chi connectivity index (χ4v) is 8.01. The molecule has 43 heavy (non-hydrogen) atoms. The normalized spacial score (nSPS) is 32.9. The average Bonchev–Trinajstić information content (AvgIpc) is 3.21. The van der Waals surface area contributed by atoms with Crippen molar-refractivity contribution < 1.29 is 46.1 Å². The van der Waals surface area contributed by atoms with Crippen LogP contribution in [-0.2, 0) is 0 Å². The van der Waals surface area contributed by atoms with E-state index in [9.17, 15) is 46.1 Å². The third-order valence-electron chi connectivity index (χ3n) is 10.4. The van der Waals surface area contributed by atoms with E-state index in [2.05, 4.69) is 13.5 Å². The van der Waals surface area contributed by atoms with Gasteiger partial charge in [-0.05, 0) is 112 Å². The van der Waals surface area contributed by atoms with E-state index in [0.717, 1.165) is 38.2 Å². The maximum absolute atomic E-state index is 14.3. The first kappa shape index (κ1) is 35.8. The van der Waals surface area contributed by atoms with Gasteiger partial charge in [-0.1, -0.05) is 50.6 Å². The first-order chi connectivity index (χ1) is 19.5. The molecule has 0 aromatic carbocycles. The standard InChI is InChI=1S/C33H47F7O3/c1-21-23(19-24(41)20-26(21)34)11-10-22-9-6-17-30(5)25(22)12-13-27(30)29(4,15-7-14-28(2,3)42)16-8-18-31(43,32(35,36)37)33(38,39)40/h8,10-11,18,24-27,41-43H,1,6-7,9,12-17,19-20H2,2-5H3/b18-8+,22-10+,23-11-/t24?,25?,26-,27+,29-,30-/m0/s1. The van der Waals surface area contributed by atoms with Crippen LogP contribution >= 0.6 is 0 Å². The Hall–Kier alpha value is -1.65. The molecule has 6 atom stereocenters. The predicted octanol–water partition coefficient (Wildman–Crippen LogP) is 8.85. The summed E-state index contributed by atoms with van der Waals surface area (Å²) in [5, 5.41) is 30.0. The monoisotopic (exact) mass is 624 g/mol. The van der Waals surface area contributed by atoms with Crippen molar-refractivity contribution in [2.24, 2.45) is 22.7 Å². The van der Waals surface area contributed by atoms with Crippen LogP contribution in [0, 0.1) is 22.7 Å². The van der Waals surface area contributed by atoms with Crippen molar-refractivity contribution in [3.63, 3.8) is 0 Å². The largest absolute Gasteiger partial charge is 0.429 e. The number of alkyl halides is 7.